The number of hydrogen-bond acceptors (Lipinski definition) is 2. The lowest BCUT2D eigenvalue weighted by Gasteiger charge is -2.13. The van der Waals surface area contributed by atoms with Gasteiger partial charge in [0, 0.05) is 5.56 Å². The molecule has 0 radical (unpaired) electrons. The standard InChI is InChI=1S/C16H14BrFO2/c1-9-6-13(18)7-10(2)16(9)20-15-5-4-12(11(3)19)8-14(15)17/h4-8H,1-3H3. The molecule has 0 aliphatic rings. The molecule has 0 unspecified atom stereocenters. The fourth-order valence-corrected chi connectivity index (χ4v) is 2.43. The topological polar surface area (TPSA) is 26.3 Å². The SMILES string of the molecule is CC(=O)c1ccc(Oc2c(C)cc(F)cc2C)c(Br)c1. The Morgan fingerprint density at radius 3 is 2.25 bits per heavy atom. The Labute approximate surface area is 125 Å². The molecule has 20 heavy (non-hydrogen) atoms. The second-order valence-corrected chi connectivity index (χ2v) is 5.53. The van der Waals surface area contributed by atoms with E-state index < -0.39 is 0 Å². The van der Waals surface area contributed by atoms with E-state index in [1.54, 1.807) is 32.0 Å². The molecule has 0 aliphatic heterocycles. The van der Waals surface area contributed by atoms with E-state index in [-0.39, 0.29) is 11.6 Å². The predicted molar refractivity (Wildman–Crippen MR) is 80.1 cm³/mol. The van der Waals surface area contributed by atoms with Crippen molar-refractivity contribution in [2.75, 3.05) is 0 Å². The molecule has 0 aromatic heterocycles. The number of ether oxygens (including phenoxy) is 1. The van der Waals surface area contributed by atoms with Crippen LogP contribution in [0.2, 0.25) is 0 Å². The van der Waals surface area contributed by atoms with E-state index in [0.717, 1.165) is 11.1 Å². The van der Waals surface area contributed by atoms with Gasteiger partial charge in [0.1, 0.15) is 17.3 Å². The Balaban J connectivity index is 2.38. The molecule has 0 spiro atoms. The van der Waals surface area contributed by atoms with Crippen LogP contribution in [0.25, 0.3) is 0 Å². The first-order valence-corrected chi connectivity index (χ1v) is 6.93. The molecule has 2 nitrogen and oxygen atoms in total. The fourth-order valence-electron chi connectivity index (χ4n) is 1.97. The minimum absolute atomic E-state index is 0.00797. The molecule has 0 saturated heterocycles. The van der Waals surface area contributed by atoms with Crippen molar-refractivity contribution in [2.24, 2.45) is 0 Å². The van der Waals surface area contributed by atoms with Gasteiger partial charge in [-0.3, -0.25) is 4.79 Å². The number of Topliss-reactive ketones (excluding diaryl/α,β-unsaturated/α-hetero) is 1. The van der Waals surface area contributed by atoms with Crippen LogP contribution in [0.5, 0.6) is 11.5 Å². The molecule has 104 valence electrons. The van der Waals surface area contributed by atoms with Crippen molar-refractivity contribution in [1.29, 1.82) is 0 Å². The second kappa shape index (κ2) is 5.75. The predicted octanol–water partition coefficient (Wildman–Crippen LogP) is 5.20. The molecule has 0 heterocycles. The van der Waals surface area contributed by atoms with Crippen molar-refractivity contribution >= 4 is 21.7 Å². The zero-order valence-corrected chi connectivity index (χ0v) is 13.0. The summed E-state index contributed by atoms with van der Waals surface area (Å²) < 4.78 is 19.8. The van der Waals surface area contributed by atoms with Gasteiger partial charge in [-0.1, -0.05) is 0 Å². The second-order valence-electron chi connectivity index (χ2n) is 4.67. The van der Waals surface area contributed by atoms with Gasteiger partial charge in [-0.05, 0) is 78.2 Å². The molecule has 0 atom stereocenters. The van der Waals surface area contributed by atoms with E-state index in [9.17, 15) is 9.18 Å². The van der Waals surface area contributed by atoms with Crippen LogP contribution in [0.3, 0.4) is 0 Å². The largest absolute Gasteiger partial charge is 0.456 e. The van der Waals surface area contributed by atoms with Gasteiger partial charge in [-0.25, -0.2) is 4.39 Å². The van der Waals surface area contributed by atoms with E-state index in [1.165, 1.54) is 19.1 Å². The average Bonchev–Trinajstić information content (AvgIpc) is 2.34. The average molecular weight is 337 g/mol. The summed E-state index contributed by atoms with van der Waals surface area (Å²) in [6.07, 6.45) is 0. The lowest BCUT2D eigenvalue weighted by molar-refractivity contribution is 0.101. The van der Waals surface area contributed by atoms with Gasteiger partial charge in [-0.15, -0.1) is 0 Å². The summed E-state index contributed by atoms with van der Waals surface area (Å²) in [7, 11) is 0. The number of carbonyl (C=O) groups excluding carboxylic acids is 1. The Bertz CT molecular complexity index is 657. The summed E-state index contributed by atoms with van der Waals surface area (Å²) in [6, 6.07) is 8.01. The normalized spacial score (nSPS) is 10.4. The number of aryl methyl sites for hydroxylation is 2. The number of benzene rings is 2. The van der Waals surface area contributed by atoms with E-state index in [2.05, 4.69) is 15.9 Å². The summed E-state index contributed by atoms with van der Waals surface area (Å²) in [5, 5.41) is 0. The van der Waals surface area contributed by atoms with E-state index in [1.807, 2.05) is 0 Å². The number of halogens is 2. The summed E-state index contributed by atoms with van der Waals surface area (Å²) >= 11 is 3.39. The highest BCUT2D eigenvalue weighted by Gasteiger charge is 2.11. The van der Waals surface area contributed by atoms with Crippen LogP contribution in [-0.2, 0) is 0 Å². The maximum atomic E-state index is 13.3. The van der Waals surface area contributed by atoms with Crippen molar-refractivity contribution in [3.63, 3.8) is 0 Å². The first-order chi connectivity index (χ1) is 9.38. The van der Waals surface area contributed by atoms with Gasteiger partial charge in [0.15, 0.2) is 5.78 Å². The van der Waals surface area contributed by atoms with Crippen molar-refractivity contribution in [2.45, 2.75) is 20.8 Å². The minimum atomic E-state index is -0.279. The maximum absolute atomic E-state index is 13.3. The summed E-state index contributed by atoms with van der Waals surface area (Å²) in [5.74, 6) is 0.931. The quantitative estimate of drug-likeness (QED) is 0.720. The van der Waals surface area contributed by atoms with Crippen LogP contribution >= 0.6 is 15.9 Å². The Morgan fingerprint density at radius 1 is 1.15 bits per heavy atom. The molecule has 4 heteroatoms. The first-order valence-electron chi connectivity index (χ1n) is 6.13. The molecular formula is C16H14BrFO2. The van der Waals surface area contributed by atoms with Crippen LogP contribution in [0, 0.1) is 19.7 Å². The van der Waals surface area contributed by atoms with Gasteiger partial charge < -0.3 is 4.74 Å². The molecule has 2 rings (SSSR count). The minimum Gasteiger partial charge on any atom is -0.456 e. The first kappa shape index (κ1) is 14.7. The third kappa shape index (κ3) is 3.07. The number of ketones is 1. The molecule has 0 aliphatic carbocycles. The molecule has 0 N–H and O–H groups in total. The van der Waals surface area contributed by atoms with Gasteiger partial charge in [-0.2, -0.15) is 0 Å². The van der Waals surface area contributed by atoms with Gasteiger partial charge in [0.25, 0.3) is 0 Å². The summed E-state index contributed by atoms with van der Waals surface area (Å²) in [5.41, 5.74) is 2.06. The Morgan fingerprint density at radius 2 is 1.75 bits per heavy atom. The Kier molecular flexibility index (Phi) is 4.23. The lowest BCUT2D eigenvalue weighted by atomic mass is 10.1. The zero-order valence-electron chi connectivity index (χ0n) is 11.5. The van der Waals surface area contributed by atoms with Crippen molar-refractivity contribution in [1.82, 2.24) is 0 Å². The maximum Gasteiger partial charge on any atom is 0.159 e. The van der Waals surface area contributed by atoms with Crippen LogP contribution in [0.1, 0.15) is 28.4 Å². The Hall–Kier alpha value is -1.68. The van der Waals surface area contributed by atoms with Crippen LogP contribution < -0.4 is 4.74 Å². The highest BCUT2D eigenvalue weighted by atomic mass is 79.9. The van der Waals surface area contributed by atoms with Crippen molar-refractivity contribution in [3.05, 3.63) is 57.3 Å². The number of hydrogen-bond donors (Lipinski definition) is 0. The smallest absolute Gasteiger partial charge is 0.159 e. The molecule has 0 saturated carbocycles. The highest BCUT2D eigenvalue weighted by molar-refractivity contribution is 9.10. The number of carbonyl (C=O) groups is 1. The van der Waals surface area contributed by atoms with Gasteiger partial charge in [0.05, 0.1) is 4.47 Å². The summed E-state index contributed by atoms with van der Waals surface area (Å²) in [4.78, 5) is 11.3. The van der Waals surface area contributed by atoms with Crippen LogP contribution in [0.4, 0.5) is 4.39 Å². The van der Waals surface area contributed by atoms with Crippen LogP contribution in [0.15, 0.2) is 34.8 Å². The molecule has 0 bridgehead atoms. The van der Waals surface area contributed by atoms with E-state index in [4.69, 9.17) is 4.74 Å². The molecule has 0 amide bonds. The molecule has 2 aromatic rings. The third-order valence-corrected chi connectivity index (χ3v) is 3.60. The number of rotatable bonds is 3. The highest BCUT2D eigenvalue weighted by Crippen LogP contribution is 2.34. The van der Waals surface area contributed by atoms with Crippen LogP contribution in [-0.4, -0.2) is 5.78 Å². The van der Waals surface area contributed by atoms with Gasteiger partial charge in [0.2, 0.25) is 0 Å². The monoisotopic (exact) mass is 336 g/mol. The molecule has 0 fully saturated rings. The van der Waals surface area contributed by atoms with E-state index >= 15 is 0 Å². The summed E-state index contributed by atoms with van der Waals surface area (Å²) in [6.45, 7) is 5.10. The van der Waals surface area contributed by atoms with E-state index in [0.29, 0.717) is 21.5 Å². The lowest BCUT2D eigenvalue weighted by Crippen LogP contribution is -1.96. The van der Waals surface area contributed by atoms with Crippen molar-refractivity contribution < 1.29 is 13.9 Å². The molecule has 2 aromatic carbocycles. The van der Waals surface area contributed by atoms with Crippen molar-refractivity contribution in [3.8, 4) is 11.5 Å². The zero-order chi connectivity index (χ0) is 14.9. The molecular weight excluding hydrogens is 323 g/mol. The third-order valence-electron chi connectivity index (χ3n) is 2.98. The fraction of sp³-hybridized carbons (Fsp3) is 0.188. The van der Waals surface area contributed by atoms with Gasteiger partial charge >= 0.3 is 0 Å².